The van der Waals surface area contributed by atoms with Gasteiger partial charge in [-0.1, -0.05) is 30.8 Å². The van der Waals surface area contributed by atoms with Crippen molar-refractivity contribution in [3.8, 4) is 0 Å². The van der Waals surface area contributed by atoms with E-state index in [1.807, 2.05) is 6.92 Å². The van der Waals surface area contributed by atoms with Crippen LogP contribution in [0.3, 0.4) is 0 Å². The molecule has 0 amide bonds. The molecule has 1 aromatic rings. The van der Waals surface area contributed by atoms with E-state index in [2.05, 4.69) is 29.0 Å². The van der Waals surface area contributed by atoms with E-state index in [0.717, 1.165) is 17.9 Å². The molecule has 0 fully saturated rings. The lowest BCUT2D eigenvalue weighted by Gasteiger charge is -2.05. The van der Waals surface area contributed by atoms with Gasteiger partial charge in [0.2, 0.25) is 0 Å². The third kappa shape index (κ3) is 4.60. The molecule has 94 valence electrons. The number of hydrogen-bond acceptors (Lipinski definition) is 5. The number of amidine groups is 1. The van der Waals surface area contributed by atoms with Crippen molar-refractivity contribution >= 4 is 17.6 Å². The summed E-state index contributed by atoms with van der Waals surface area (Å²) in [6.07, 6.45) is 1.11. The van der Waals surface area contributed by atoms with Crippen molar-refractivity contribution in [1.29, 1.82) is 0 Å². The van der Waals surface area contributed by atoms with Gasteiger partial charge in [-0.05, 0) is 25.3 Å². The molecular formula is C11H18N4OS. The van der Waals surface area contributed by atoms with Gasteiger partial charge in [0, 0.05) is 11.4 Å². The van der Waals surface area contributed by atoms with Crippen molar-refractivity contribution in [2.45, 2.75) is 32.3 Å². The highest BCUT2D eigenvalue weighted by molar-refractivity contribution is 7.99. The lowest BCUT2D eigenvalue weighted by Crippen LogP contribution is -2.16. The Balaban J connectivity index is 2.76. The summed E-state index contributed by atoms with van der Waals surface area (Å²) in [5, 5.41) is 12.2. The average Bonchev–Trinajstić information content (AvgIpc) is 2.26. The Morgan fingerprint density at radius 2 is 2.24 bits per heavy atom. The molecule has 0 atom stereocenters. The molecular weight excluding hydrogens is 236 g/mol. The van der Waals surface area contributed by atoms with Gasteiger partial charge in [-0.3, -0.25) is 0 Å². The predicted octanol–water partition coefficient (Wildman–Crippen LogP) is 2.02. The van der Waals surface area contributed by atoms with E-state index in [9.17, 15) is 0 Å². The van der Waals surface area contributed by atoms with Crippen molar-refractivity contribution in [2.24, 2.45) is 16.8 Å². The van der Waals surface area contributed by atoms with E-state index >= 15 is 0 Å². The molecule has 0 aromatic carbocycles. The van der Waals surface area contributed by atoms with Gasteiger partial charge < -0.3 is 10.9 Å². The third-order valence-corrected chi connectivity index (χ3v) is 3.01. The Hall–Kier alpha value is -1.30. The predicted molar refractivity (Wildman–Crippen MR) is 69.5 cm³/mol. The molecule has 1 aromatic heterocycles. The fourth-order valence-corrected chi connectivity index (χ4v) is 2.32. The summed E-state index contributed by atoms with van der Waals surface area (Å²) >= 11 is 1.59. The van der Waals surface area contributed by atoms with Crippen LogP contribution in [0, 0.1) is 12.8 Å². The normalized spacial score (nSPS) is 12.1. The Morgan fingerprint density at radius 3 is 2.82 bits per heavy atom. The molecule has 0 aliphatic rings. The maximum Gasteiger partial charge on any atom is 0.188 e. The molecule has 5 nitrogen and oxygen atoms in total. The Labute approximate surface area is 106 Å². The second-order valence-electron chi connectivity index (χ2n) is 4.19. The monoisotopic (exact) mass is 254 g/mol. The topological polar surface area (TPSA) is 84.4 Å². The van der Waals surface area contributed by atoms with Crippen molar-refractivity contribution in [3.05, 3.63) is 17.5 Å². The van der Waals surface area contributed by atoms with Gasteiger partial charge in [-0.15, -0.1) is 0 Å². The first-order chi connectivity index (χ1) is 8.02. The summed E-state index contributed by atoms with van der Waals surface area (Å²) in [7, 11) is 0. The first-order valence-electron chi connectivity index (χ1n) is 5.49. The van der Waals surface area contributed by atoms with E-state index in [1.54, 1.807) is 17.8 Å². The number of aromatic nitrogens is 2. The zero-order valence-corrected chi connectivity index (χ0v) is 11.2. The Morgan fingerprint density at radius 1 is 1.53 bits per heavy atom. The molecule has 1 rings (SSSR count). The van der Waals surface area contributed by atoms with Crippen LogP contribution >= 0.6 is 11.8 Å². The fraction of sp³-hybridized carbons (Fsp3) is 0.545. The van der Waals surface area contributed by atoms with Crippen LogP contribution in [0.4, 0.5) is 0 Å². The van der Waals surface area contributed by atoms with Gasteiger partial charge in [0.25, 0.3) is 0 Å². The largest absolute Gasteiger partial charge is 0.409 e. The van der Waals surface area contributed by atoms with Gasteiger partial charge in [0.05, 0.1) is 0 Å². The molecule has 1 heterocycles. The minimum atomic E-state index is 0.0150. The quantitative estimate of drug-likeness (QED) is 0.210. The van der Waals surface area contributed by atoms with Gasteiger partial charge in [0.15, 0.2) is 11.0 Å². The van der Waals surface area contributed by atoms with E-state index < -0.39 is 0 Å². The Kier molecular flexibility index (Phi) is 5.21. The van der Waals surface area contributed by atoms with Gasteiger partial charge in [0.1, 0.15) is 5.69 Å². The van der Waals surface area contributed by atoms with Crippen molar-refractivity contribution in [1.82, 2.24) is 9.97 Å². The molecule has 0 bridgehead atoms. The van der Waals surface area contributed by atoms with Gasteiger partial charge in [-0.25, -0.2) is 9.97 Å². The fourth-order valence-electron chi connectivity index (χ4n) is 1.17. The van der Waals surface area contributed by atoms with Crippen LogP contribution in [0.1, 0.15) is 31.7 Å². The summed E-state index contributed by atoms with van der Waals surface area (Å²) in [6, 6.07) is 1.70. The van der Waals surface area contributed by atoms with Crippen LogP contribution in [0.5, 0.6) is 0 Å². The standard InChI is InChI=1S/C11H18N4OS/c1-7(2)4-5-17-11-13-8(3)6-9(14-11)10(12)15-16/h6-7,16H,4-5H2,1-3H3,(H2,12,15). The molecule has 6 heteroatoms. The van der Waals surface area contributed by atoms with E-state index in [4.69, 9.17) is 10.9 Å². The van der Waals surface area contributed by atoms with Crippen LogP contribution in [-0.2, 0) is 0 Å². The summed E-state index contributed by atoms with van der Waals surface area (Å²) in [6.45, 7) is 6.22. The summed E-state index contributed by atoms with van der Waals surface area (Å²) in [4.78, 5) is 8.54. The number of nitrogens with two attached hydrogens (primary N) is 1. The minimum Gasteiger partial charge on any atom is -0.409 e. The lowest BCUT2D eigenvalue weighted by molar-refractivity contribution is 0.318. The summed E-state index contributed by atoms with van der Waals surface area (Å²) < 4.78 is 0. The first kappa shape index (κ1) is 13.8. The van der Waals surface area contributed by atoms with Crippen LogP contribution in [0.2, 0.25) is 0 Å². The first-order valence-corrected chi connectivity index (χ1v) is 6.48. The van der Waals surface area contributed by atoms with E-state index in [1.165, 1.54) is 0 Å². The molecule has 17 heavy (non-hydrogen) atoms. The lowest BCUT2D eigenvalue weighted by atomic mass is 10.2. The number of oxime groups is 1. The molecule has 0 spiro atoms. The van der Waals surface area contributed by atoms with Crippen LogP contribution in [-0.4, -0.2) is 26.8 Å². The molecule has 0 radical (unpaired) electrons. The molecule has 0 unspecified atom stereocenters. The van der Waals surface area contributed by atoms with Crippen LogP contribution in [0.25, 0.3) is 0 Å². The molecule has 0 aliphatic heterocycles. The highest BCUT2D eigenvalue weighted by Crippen LogP contribution is 2.17. The van der Waals surface area contributed by atoms with E-state index in [-0.39, 0.29) is 5.84 Å². The number of hydrogen-bond donors (Lipinski definition) is 2. The highest BCUT2D eigenvalue weighted by atomic mass is 32.2. The number of thioether (sulfide) groups is 1. The molecule has 0 saturated heterocycles. The number of nitrogens with zero attached hydrogens (tertiary/aromatic N) is 3. The van der Waals surface area contributed by atoms with Crippen molar-refractivity contribution < 1.29 is 5.21 Å². The van der Waals surface area contributed by atoms with Crippen molar-refractivity contribution in [2.75, 3.05) is 5.75 Å². The second-order valence-corrected chi connectivity index (χ2v) is 5.26. The highest BCUT2D eigenvalue weighted by Gasteiger charge is 2.07. The molecule has 0 saturated carbocycles. The maximum atomic E-state index is 8.61. The van der Waals surface area contributed by atoms with Crippen molar-refractivity contribution in [3.63, 3.8) is 0 Å². The zero-order valence-electron chi connectivity index (χ0n) is 10.3. The van der Waals surface area contributed by atoms with E-state index in [0.29, 0.717) is 16.8 Å². The SMILES string of the molecule is Cc1cc(/C(N)=N/O)nc(SCCC(C)C)n1. The summed E-state index contributed by atoms with van der Waals surface area (Å²) in [5.74, 6) is 1.65. The molecule has 0 aliphatic carbocycles. The van der Waals surface area contributed by atoms with Crippen LogP contribution < -0.4 is 5.73 Å². The zero-order chi connectivity index (χ0) is 12.8. The van der Waals surface area contributed by atoms with Gasteiger partial charge in [-0.2, -0.15) is 0 Å². The smallest absolute Gasteiger partial charge is 0.188 e. The Bertz CT molecular complexity index is 406. The number of rotatable bonds is 5. The minimum absolute atomic E-state index is 0.0150. The van der Waals surface area contributed by atoms with Gasteiger partial charge >= 0.3 is 0 Å². The average molecular weight is 254 g/mol. The number of aryl methyl sites for hydroxylation is 1. The third-order valence-electron chi connectivity index (χ3n) is 2.13. The molecule has 3 N–H and O–H groups in total. The van der Waals surface area contributed by atoms with Crippen LogP contribution in [0.15, 0.2) is 16.4 Å². The maximum absolute atomic E-state index is 8.61. The second kappa shape index (κ2) is 6.44. The summed E-state index contributed by atoms with van der Waals surface area (Å²) in [5.41, 5.74) is 6.79.